The SMILES string of the molecule is O=S(=O)(c1ccc(Br)cc1)c1cnc(N2CCCC(C3CC3)C2)nc1. The Labute approximate surface area is 156 Å². The average molecular weight is 422 g/mol. The van der Waals surface area contributed by atoms with Gasteiger partial charge in [-0.25, -0.2) is 18.4 Å². The number of aromatic nitrogens is 2. The van der Waals surface area contributed by atoms with Crippen LogP contribution in [-0.4, -0.2) is 31.5 Å². The maximum absolute atomic E-state index is 12.7. The summed E-state index contributed by atoms with van der Waals surface area (Å²) in [7, 11) is -3.58. The monoisotopic (exact) mass is 421 g/mol. The van der Waals surface area contributed by atoms with Gasteiger partial charge in [-0.05, 0) is 61.8 Å². The molecule has 0 radical (unpaired) electrons. The Morgan fingerprint density at radius 2 is 1.64 bits per heavy atom. The van der Waals surface area contributed by atoms with Crippen molar-refractivity contribution in [2.45, 2.75) is 35.5 Å². The van der Waals surface area contributed by atoms with Gasteiger partial charge in [0.2, 0.25) is 15.8 Å². The molecule has 1 aliphatic heterocycles. The van der Waals surface area contributed by atoms with Crippen LogP contribution < -0.4 is 4.90 Å². The fourth-order valence-corrected chi connectivity index (χ4v) is 4.92. The van der Waals surface area contributed by atoms with Crippen LogP contribution in [0.4, 0.5) is 5.95 Å². The van der Waals surface area contributed by atoms with E-state index in [9.17, 15) is 8.42 Å². The second kappa shape index (κ2) is 6.68. The van der Waals surface area contributed by atoms with Crippen LogP contribution in [0.3, 0.4) is 0 Å². The van der Waals surface area contributed by atoms with Gasteiger partial charge < -0.3 is 4.90 Å². The number of nitrogens with zero attached hydrogens (tertiary/aromatic N) is 3. The first kappa shape index (κ1) is 17.0. The number of hydrogen-bond acceptors (Lipinski definition) is 5. The van der Waals surface area contributed by atoms with E-state index in [1.165, 1.54) is 31.7 Å². The molecule has 4 rings (SSSR count). The highest BCUT2D eigenvalue weighted by Gasteiger charge is 2.34. The average Bonchev–Trinajstić information content (AvgIpc) is 3.48. The van der Waals surface area contributed by atoms with Crippen molar-refractivity contribution in [2.24, 2.45) is 11.8 Å². The quantitative estimate of drug-likeness (QED) is 0.752. The Bertz CT molecular complexity index is 849. The van der Waals surface area contributed by atoms with Crippen molar-refractivity contribution in [3.05, 3.63) is 41.1 Å². The minimum Gasteiger partial charge on any atom is -0.341 e. The molecule has 2 heterocycles. The van der Waals surface area contributed by atoms with Gasteiger partial charge in [0.1, 0.15) is 4.90 Å². The number of anilines is 1. The highest BCUT2D eigenvalue weighted by molar-refractivity contribution is 9.10. The van der Waals surface area contributed by atoms with Gasteiger partial charge in [0.15, 0.2) is 0 Å². The summed E-state index contributed by atoms with van der Waals surface area (Å²) in [6, 6.07) is 6.60. The van der Waals surface area contributed by atoms with E-state index in [2.05, 4.69) is 30.8 Å². The van der Waals surface area contributed by atoms with Gasteiger partial charge >= 0.3 is 0 Å². The lowest BCUT2D eigenvalue weighted by Gasteiger charge is -2.32. The van der Waals surface area contributed by atoms with Crippen molar-refractivity contribution >= 4 is 31.7 Å². The molecule has 1 unspecified atom stereocenters. The van der Waals surface area contributed by atoms with E-state index in [-0.39, 0.29) is 9.79 Å². The van der Waals surface area contributed by atoms with Crippen LogP contribution in [0.5, 0.6) is 0 Å². The largest absolute Gasteiger partial charge is 0.341 e. The van der Waals surface area contributed by atoms with Gasteiger partial charge in [0.05, 0.1) is 17.3 Å². The lowest BCUT2D eigenvalue weighted by molar-refractivity contribution is 0.370. The van der Waals surface area contributed by atoms with Crippen LogP contribution >= 0.6 is 15.9 Å². The van der Waals surface area contributed by atoms with Crippen molar-refractivity contribution in [2.75, 3.05) is 18.0 Å². The number of benzene rings is 1. The van der Waals surface area contributed by atoms with Gasteiger partial charge in [-0.3, -0.25) is 0 Å². The van der Waals surface area contributed by atoms with E-state index in [0.29, 0.717) is 5.95 Å². The molecule has 2 aliphatic rings. The first-order valence-corrected chi connectivity index (χ1v) is 10.9. The third kappa shape index (κ3) is 3.58. The predicted molar refractivity (Wildman–Crippen MR) is 99.3 cm³/mol. The molecule has 0 amide bonds. The maximum Gasteiger partial charge on any atom is 0.225 e. The summed E-state index contributed by atoms with van der Waals surface area (Å²) in [6.45, 7) is 1.94. The Morgan fingerprint density at radius 3 is 2.28 bits per heavy atom. The van der Waals surface area contributed by atoms with E-state index in [1.54, 1.807) is 24.3 Å². The molecule has 5 nitrogen and oxygen atoms in total. The van der Waals surface area contributed by atoms with E-state index < -0.39 is 9.84 Å². The minimum atomic E-state index is -3.58. The molecular formula is C18H20BrN3O2S. The zero-order valence-corrected chi connectivity index (χ0v) is 16.2. The van der Waals surface area contributed by atoms with E-state index >= 15 is 0 Å². The smallest absolute Gasteiger partial charge is 0.225 e. The van der Waals surface area contributed by atoms with Crippen LogP contribution in [0, 0.1) is 11.8 Å². The molecule has 132 valence electrons. The number of sulfone groups is 1. The summed E-state index contributed by atoms with van der Waals surface area (Å²) in [4.78, 5) is 11.3. The molecule has 1 aromatic carbocycles. The third-order valence-corrected chi connectivity index (χ3v) is 7.33. The van der Waals surface area contributed by atoms with Crippen LogP contribution in [0.15, 0.2) is 50.9 Å². The molecule has 1 aliphatic carbocycles. The summed E-state index contributed by atoms with van der Waals surface area (Å²) in [5.41, 5.74) is 0. The van der Waals surface area contributed by atoms with Crippen LogP contribution in [0.1, 0.15) is 25.7 Å². The second-order valence-corrected chi connectivity index (χ2v) is 9.73. The molecule has 25 heavy (non-hydrogen) atoms. The Morgan fingerprint density at radius 1 is 0.960 bits per heavy atom. The predicted octanol–water partition coefficient (Wildman–Crippen LogP) is 3.70. The Kier molecular flexibility index (Phi) is 4.54. The summed E-state index contributed by atoms with van der Waals surface area (Å²) in [5, 5.41) is 0. The fourth-order valence-electron chi connectivity index (χ4n) is 3.51. The van der Waals surface area contributed by atoms with E-state index in [4.69, 9.17) is 0 Å². The maximum atomic E-state index is 12.7. The fraction of sp³-hybridized carbons (Fsp3) is 0.444. The molecule has 0 spiro atoms. The zero-order chi connectivity index (χ0) is 17.4. The first-order chi connectivity index (χ1) is 12.0. The summed E-state index contributed by atoms with van der Waals surface area (Å²) in [5.74, 6) is 2.25. The highest BCUT2D eigenvalue weighted by Crippen LogP contribution is 2.41. The standard InChI is InChI=1S/C18H20BrN3O2S/c19-15-5-7-16(8-6-15)25(23,24)17-10-20-18(21-11-17)22-9-1-2-14(12-22)13-3-4-13/h5-8,10-11,13-14H,1-4,9,12H2. The van der Waals surface area contributed by atoms with Gasteiger partial charge in [0, 0.05) is 17.6 Å². The van der Waals surface area contributed by atoms with Crippen molar-refractivity contribution < 1.29 is 8.42 Å². The van der Waals surface area contributed by atoms with Crippen LogP contribution in [-0.2, 0) is 9.84 Å². The third-order valence-electron chi connectivity index (χ3n) is 5.08. The molecule has 0 N–H and O–H groups in total. The second-order valence-electron chi connectivity index (χ2n) is 6.86. The zero-order valence-electron chi connectivity index (χ0n) is 13.8. The van der Waals surface area contributed by atoms with Gasteiger partial charge in [-0.15, -0.1) is 0 Å². The summed E-state index contributed by atoms with van der Waals surface area (Å²) < 4.78 is 26.2. The Balaban J connectivity index is 1.54. The molecule has 2 aromatic rings. The summed E-state index contributed by atoms with van der Waals surface area (Å²) in [6.07, 6.45) is 8.01. The minimum absolute atomic E-state index is 0.134. The Hall–Kier alpha value is -1.47. The molecule has 2 fully saturated rings. The van der Waals surface area contributed by atoms with Gasteiger partial charge in [-0.1, -0.05) is 15.9 Å². The van der Waals surface area contributed by atoms with Crippen LogP contribution in [0.25, 0.3) is 0 Å². The van der Waals surface area contributed by atoms with Crippen molar-refractivity contribution in [1.82, 2.24) is 9.97 Å². The van der Waals surface area contributed by atoms with Crippen molar-refractivity contribution in [3.63, 3.8) is 0 Å². The molecule has 7 heteroatoms. The summed E-state index contributed by atoms with van der Waals surface area (Å²) >= 11 is 3.32. The normalized spacial score (nSPS) is 21.3. The number of halogens is 1. The molecule has 1 aromatic heterocycles. The van der Waals surface area contributed by atoms with Gasteiger partial charge in [0.25, 0.3) is 0 Å². The van der Waals surface area contributed by atoms with Crippen LogP contribution in [0.2, 0.25) is 0 Å². The topological polar surface area (TPSA) is 63.2 Å². The van der Waals surface area contributed by atoms with Crippen molar-refractivity contribution in [1.29, 1.82) is 0 Å². The lowest BCUT2D eigenvalue weighted by atomic mass is 9.94. The molecule has 0 bridgehead atoms. The van der Waals surface area contributed by atoms with Crippen molar-refractivity contribution in [3.8, 4) is 0 Å². The van der Waals surface area contributed by atoms with E-state index in [1.807, 2.05) is 0 Å². The van der Waals surface area contributed by atoms with E-state index in [0.717, 1.165) is 35.8 Å². The molecule has 1 saturated carbocycles. The number of piperidine rings is 1. The number of rotatable bonds is 4. The number of hydrogen-bond donors (Lipinski definition) is 0. The van der Waals surface area contributed by atoms with Gasteiger partial charge in [-0.2, -0.15) is 0 Å². The molecule has 1 saturated heterocycles. The first-order valence-electron chi connectivity index (χ1n) is 8.62. The lowest BCUT2D eigenvalue weighted by Crippen LogP contribution is -2.37. The molecular weight excluding hydrogens is 402 g/mol. The molecule has 1 atom stereocenters. The highest BCUT2D eigenvalue weighted by atomic mass is 79.9.